The van der Waals surface area contributed by atoms with Crippen molar-refractivity contribution < 1.29 is 23.8 Å². The van der Waals surface area contributed by atoms with E-state index < -0.39 is 18.0 Å². The fourth-order valence-electron chi connectivity index (χ4n) is 3.21. The van der Waals surface area contributed by atoms with E-state index in [1.54, 1.807) is 39.2 Å². The third kappa shape index (κ3) is 4.51. The van der Waals surface area contributed by atoms with Gasteiger partial charge in [0, 0.05) is 11.3 Å². The predicted octanol–water partition coefficient (Wildman–Crippen LogP) is 3.47. The average molecular weight is 396 g/mol. The standard InChI is InChI=1S/C22H24N2O5/c1-4-28-21(25)18-14(2)23-22(26)24-19(18)16-11-8-12-17(27-3)20(16)29-13-15-9-6-5-7-10-15/h5-12,19H,4,13H2,1-3H3,(H2,23,24,26)/t19-/m0/s1. The van der Waals surface area contributed by atoms with Gasteiger partial charge in [-0.3, -0.25) is 0 Å². The van der Waals surface area contributed by atoms with Crippen molar-refractivity contribution in [2.75, 3.05) is 13.7 Å². The summed E-state index contributed by atoms with van der Waals surface area (Å²) in [5, 5.41) is 5.43. The van der Waals surface area contributed by atoms with E-state index in [1.165, 1.54) is 0 Å². The van der Waals surface area contributed by atoms with Gasteiger partial charge in [0.2, 0.25) is 0 Å². The van der Waals surface area contributed by atoms with Gasteiger partial charge < -0.3 is 24.8 Å². The van der Waals surface area contributed by atoms with E-state index in [1.807, 2.05) is 30.3 Å². The van der Waals surface area contributed by atoms with Crippen LogP contribution in [-0.4, -0.2) is 25.7 Å². The fraction of sp³-hybridized carbons (Fsp3) is 0.273. The first-order valence-electron chi connectivity index (χ1n) is 9.34. The lowest BCUT2D eigenvalue weighted by Gasteiger charge is -2.29. The van der Waals surface area contributed by atoms with Gasteiger partial charge in [0.1, 0.15) is 6.61 Å². The molecule has 152 valence electrons. The number of nitrogens with one attached hydrogen (secondary N) is 2. The molecule has 0 bridgehead atoms. The number of carbonyl (C=O) groups excluding carboxylic acids is 2. The van der Waals surface area contributed by atoms with Crippen molar-refractivity contribution in [3.8, 4) is 11.5 Å². The lowest BCUT2D eigenvalue weighted by atomic mass is 9.94. The molecule has 0 saturated carbocycles. The van der Waals surface area contributed by atoms with Crippen LogP contribution in [0.5, 0.6) is 11.5 Å². The summed E-state index contributed by atoms with van der Waals surface area (Å²) in [6.07, 6.45) is 0. The molecule has 2 aromatic rings. The summed E-state index contributed by atoms with van der Waals surface area (Å²) in [5.74, 6) is 0.465. The minimum atomic E-state index is -0.733. The van der Waals surface area contributed by atoms with Crippen LogP contribution < -0.4 is 20.1 Å². The van der Waals surface area contributed by atoms with Crippen LogP contribution in [0.25, 0.3) is 0 Å². The molecule has 7 nitrogen and oxygen atoms in total. The molecule has 1 heterocycles. The molecule has 1 aliphatic heterocycles. The number of rotatable bonds is 7. The monoisotopic (exact) mass is 396 g/mol. The Bertz CT molecular complexity index is 924. The molecule has 0 fully saturated rings. The van der Waals surface area contributed by atoms with E-state index >= 15 is 0 Å². The summed E-state index contributed by atoms with van der Waals surface area (Å²) in [6, 6.07) is 13.9. The van der Waals surface area contributed by atoms with Gasteiger partial charge in [0.15, 0.2) is 11.5 Å². The van der Waals surface area contributed by atoms with Crippen molar-refractivity contribution in [2.24, 2.45) is 0 Å². The van der Waals surface area contributed by atoms with Crippen molar-refractivity contribution in [1.82, 2.24) is 10.6 Å². The van der Waals surface area contributed by atoms with E-state index in [4.69, 9.17) is 14.2 Å². The largest absolute Gasteiger partial charge is 0.493 e. The number of benzene rings is 2. The molecule has 0 saturated heterocycles. The van der Waals surface area contributed by atoms with Crippen LogP contribution >= 0.6 is 0 Å². The molecular weight excluding hydrogens is 372 g/mol. The summed E-state index contributed by atoms with van der Waals surface area (Å²) >= 11 is 0. The highest BCUT2D eigenvalue weighted by Crippen LogP contribution is 2.39. The molecule has 0 radical (unpaired) electrons. The molecule has 7 heteroatoms. The third-order valence-electron chi connectivity index (χ3n) is 4.53. The zero-order chi connectivity index (χ0) is 20.8. The van der Waals surface area contributed by atoms with Crippen LogP contribution in [0.4, 0.5) is 4.79 Å². The summed E-state index contributed by atoms with van der Waals surface area (Å²) in [4.78, 5) is 24.7. The van der Waals surface area contributed by atoms with Crippen LogP contribution in [0.1, 0.15) is 31.0 Å². The Morgan fingerprint density at radius 1 is 1.10 bits per heavy atom. The zero-order valence-corrected chi connectivity index (χ0v) is 16.7. The van der Waals surface area contributed by atoms with Crippen molar-refractivity contribution in [1.29, 1.82) is 0 Å². The minimum Gasteiger partial charge on any atom is -0.493 e. The van der Waals surface area contributed by atoms with Gasteiger partial charge in [0.25, 0.3) is 0 Å². The number of ether oxygens (including phenoxy) is 3. The first kappa shape index (κ1) is 20.3. The second kappa shape index (κ2) is 9.14. The maximum atomic E-state index is 12.6. The second-order valence-electron chi connectivity index (χ2n) is 6.44. The van der Waals surface area contributed by atoms with E-state index in [0.717, 1.165) is 5.56 Å². The summed E-state index contributed by atoms with van der Waals surface area (Å²) in [5.41, 5.74) is 2.35. The Hall–Kier alpha value is -3.48. The normalized spacial score (nSPS) is 16.0. The average Bonchev–Trinajstić information content (AvgIpc) is 2.72. The number of para-hydroxylation sites is 1. The predicted molar refractivity (Wildman–Crippen MR) is 108 cm³/mol. The SMILES string of the molecule is CCOC(=O)C1=C(C)NC(=O)N[C@H]1c1cccc(OC)c1OCc1ccccc1. The molecule has 1 aliphatic rings. The Morgan fingerprint density at radius 3 is 2.55 bits per heavy atom. The zero-order valence-electron chi connectivity index (χ0n) is 16.7. The van der Waals surface area contributed by atoms with Crippen LogP contribution in [0.15, 0.2) is 59.8 Å². The van der Waals surface area contributed by atoms with Crippen molar-refractivity contribution in [3.05, 3.63) is 70.9 Å². The highest BCUT2D eigenvalue weighted by atomic mass is 16.5. The van der Waals surface area contributed by atoms with Gasteiger partial charge in [-0.25, -0.2) is 9.59 Å². The fourth-order valence-corrected chi connectivity index (χ4v) is 3.21. The Morgan fingerprint density at radius 2 is 1.86 bits per heavy atom. The molecule has 29 heavy (non-hydrogen) atoms. The Balaban J connectivity index is 2.02. The molecule has 3 rings (SSSR count). The van der Waals surface area contributed by atoms with Gasteiger partial charge in [-0.2, -0.15) is 0 Å². The molecule has 0 aliphatic carbocycles. The smallest absolute Gasteiger partial charge is 0.338 e. The quantitative estimate of drug-likeness (QED) is 0.700. The van der Waals surface area contributed by atoms with E-state index in [-0.39, 0.29) is 6.61 Å². The number of allylic oxidation sites excluding steroid dienone is 1. The molecule has 2 N–H and O–H groups in total. The molecule has 2 amide bonds. The van der Waals surface area contributed by atoms with Gasteiger partial charge >= 0.3 is 12.0 Å². The number of methoxy groups -OCH3 is 1. The molecule has 1 atom stereocenters. The number of esters is 1. The summed E-state index contributed by atoms with van der Waals surface area (Å²) in [7, 11) is 1.54. The molecule has 0 unspecified atom stereocenters. The topological polar surface area (TPSA) is 85.9 Å². The number of carbonyl (C=O) groups is 2. The Labute approximate surface area is 169 Å². The van der Waals surface area contributed by atoms with E-state index in [0.29, 0.717) is 34.9 Å². The number of urea groups is 1. The summed E-state index contributed by atoms with van der Waals surface area (Å²) in [6.45, 7) is 3.94. The molecule has 0 spiro atoms. The lowest BCUT2D eigenvalue weighted by molar-refractivity contribution is -0.139. The van der Waals surface area contributed by atoms with Crippen LogP contribution in [0.2, 0.25) is 0 Å². The minimum absolute atomic E-state index is 0.228. The molecular formula is C22H24N2O5. The molecule has 0 aromatic heterocycles. The van der Waals surface area contributed by atoms with Crippen molar-refractivity contribution in [3.63, 3.8) is 0 Å². The first-order valence-corrected chi connectivity index (χ1v) is 9.34. The maximum Gasteiger partial charge on any atom is 0.338 e. The van der Waals surface area contributed by atoms with Crippen molar-refractivity contribution in [2.45, 2.75) is 26.5 Å². The molecule has 2 aromatic carbocycles. The number of hydrogen-bond donors (Lipinski definition) is 2. The van der Waals surface area contributed by atoms with Gasteiger partial charge in [-0.1, -0.05) is 42.5 Å². The Kier molecular flexibility index (Phi) is 6.39. The van der Waals surface area contributed by atoms with Gasteiger partial charge in [0.05, 0.1) is 25.3 Å². The van der Waals surface area contributed by atoms with Gasteiger partial charge in [-0.05, 0) is 25.5 Å². The van der Waals surface area contributed by atoms with Crippen molar-refractivity contribution >= 4 is 12.0 Å². The van der Waals surface area contributed by atoms with Gasteiger partial charge in [-0.15, -0.1) is 0 Å². The number of hydrogen-bond acceptors (Lipinski definition) is 5. The van der Waals surface area contributed by atoms with Crippen LogP contribution in [0.3, 0.4) is 0 Å². The number of amides is 2. The highest BCUT2D eigenvalue weighted by molar-refractivity contribution is 5.95. The van der Waals surface area contributed by atoms with Crippen LogP contribution in [0, 0.1) is 0 Å². The third-order valence-corrected chi connectivity index (χ3v) is 4.53. The summed E-state index contributed by atoms with van der Waals surface area (Å²) < 4.78 is 16.8. The first-order chi connectivity index (χ1) is 14.0. The van der Waals surface area contributed by atoms with E-state index in [2.05, 4.69) is 10.6 Å². The maximum absolute atomic E-state index is 12.6. The van der Waals surface area contributed by atoms with Crippen LogP contribution in [-0.2, 0) is 16.1 Å². The highest BCUT2D eigenvalue weighted by Gasteiger charge is 2.34. The lowest BCUT2D eigenvalue weighted by Crippen LogP contribution is -2.45. The second-order valence-corrected chi connectivity index (χ2v) is 6.44. The van der Waals surface area contributed by atoms with E-state index in [9.17, 15) is 9.59 Å².